The Labute approximate surface area is 184 Å². The Hall–Kier alpha value is -2.14. The Kier molecular flexibility index (Phi) is 5.63. The number of likely N-dealkylation sites (tertiary alicyclic amines) is 1. The van der Waals surface area contributed by atoms with E-state index in [9.17, 15) is 9.90 Å². The van der Waals surface area contributed by atoms with Gasteiger partial charge in [0.2, 0.25) is 0 Å². The molecule has 1 aromatic heterocycles. The summed E-state index contributed by atoms with van der Waals surface area (Å²) in [6, 6.07) is 10.8. The van der Waals surface area contributed by atoms with E-state index >= 15 is 0 Å². The minimum absolute atomic E-state index is 0.198. The average Bonchev–Trinajstić information content (AvgIpc) is 3.55. The Morgan fingerprint density at radius 2 is 1.87 bits per heavy atom. The lowest BCUT2D eigenvalue weighted by molar-refractivity contribution is -0.143. The molecule has 3 fully saturated rings. The van der Waals surface area contributed by atoms with Crippen LogP contribution in [0.15, 0.2) is 30.3 Å². The molecular formula is C26H34N2O3. The molecule has 2 aromatic rings. The summed E-state index contributed by atoms with van der Waals surface area (Å²) in [5, 5.41) is 10.4. The maximum absolute atomic E-state index is 11.3. The number of nitrogens with zero attached hydrogens (tertiary/aromatic N) is 2. The summed E-state index contributed by atoms with van der Waals surface area (Å²) in [5.74, 6) is 0.104. The van der Waals surface area contributed by atoms with Crippen LogP contribution in [0.25, 0.3) is 10.9 Å². The first-order chi connectivity index (χ1) is 15.0. The first-order valence-electron chi connectivity index (χ1n) is 12.1. The molecule has 5 rings (SSSR count). The molecule has 1 unspecified atom stereocenters. The monoisotopic (exact) mass is 422 g/mol. The van der Waals surface area contributed by atoms with Crippen molar-refractivity contribution >= 4 is 16.9 Å². The van der Waals surface area contributed by atoms with Crippen LogP contribution >= 0.6 is 0 Å². The molecule has 2 aliphatic carbocycles. The van der Waals surface area contributed by atoms with Crippen molar-refractivity contribution in [3.05, 3.63) is 36.0 Å². The second-order valence-corrected chi connectivity index (χ2v) is 9.98. The van der Waals surface area contributed by atoms with Crippen LogP contribution in [0, 0.1) is 11.3 Å². The Balaban J connectivity index is 1.26. The molecule has 5 heteroatoms. The highest BCUT2D eigenvalue weighted by Gasteiger charge is 2.45. The zero-order valence-electron chi connectivity index (χ0n) is 18.6. The van der Waals surface area contributed by atoms with Crippen LogP contribution in [-0.2, 0) is 4.79 Å². The first-order valence-corrected chi connectivity index (χ1v) is 12.1. The van der Waals surface area contributed by atoms with Crippen molar-refractivity contribution in [1.82, 2.24) is 9.88 Å². The van der Waals surface area contributed by atoms with Gasteiger partial charge in [0, 0.05) is 5.39 Å². The van der Waals surface area contributed by atoms with E-state index in [1.807, 2.05) is 0 Å². The number of hydrogen-bond donors (Lipinski definition) is 1. The quantitative estimate of drug-likeness (QED) is 0.658. The highest BCUT2D eigenvalue weighted by molar-refractivity contribution is 5.80. The molecule has 0 bridgehead atoms. The number of ether oxygens (including phenoxy) is 1. The maximum atomic E-state index is 11.3. The summed E-state index contributed by atoms with van der Waals surface area (Å²) >= 11 is 0. The van der Waals surface area contributed by atoms with E-state index in [0.29, 0.717) is 11.5 Å². The molecule has 1 aromatic carbocycles. The van der Waals surface area contributed by atoms with E-state index in [1.54, 1.807) is 0 Å². The number of hydrogen-bond acceptors (Lipinski definition) is 4. The predicted octanol–water partition coefficient (Wildman–Crippen LogP) is 5.58. The van der Waals surface area contributed by atoms with E-state index in [0.717, 1.165) is 54.7 Å². The number of carbonyl (C=O) groups is 1. The van der Waals surface area contributed by atoms with E-state index in [4.69, 9.17) is 9.72 Å². The maximum Gasteiger partial charge on any atom is 0.306 e. The van der Waals surface area contributed by atoms with Crippen molar-refractivity contribution in [3.63, 3.8) is 0 Å². The van der Waals surface area contributed by atoms with E-state index in [-0.39, 0.29) is 12.0 Å². The zero-order valence-corrected chi connectivity index (χ0v) is 18.6. The van der Waals surface area contributed by atoms with E-state index in [2.05, 4.69) is 42.2 Å². The van der Waals surface area contributed by atoms with Gasteiger partial charge in [-0.05, 0) is 101 Å². The fraction of sp³-hybridized carbons (Fsp3) is 0.615. The Morgan fingerprint density at radius 3 is 2.52 bits per heavy atom. The smallest absolute Gasteiger partial charge is 0.306 e. The first kappa shape index (κ1) is 20.7. The predicted molar refractivity (Wildman–Crippen MR) is 121 cm³/mol. The fourth-order valence-electron chi connectivity index (χ4n) is 5.68. The topological polar surface area (TPSA) is 62.7 Å². The molecule has 1 N–H and O–H groups in total. The summed E-state index contributed by atoms with van der Waals surface area (Å²) < 4.78 is 6.32. The lowest BCUT2D eigenvalue weighted by Crippen LogP contribution is -2.38. The highest BCUT2D eigenvalue weighted by atomic mass is 16.5. The normalized spacial score (nSPS) is 23.1. The van der Waals surface area contributed by atoms with Gasteiger partial charge in [-0.15, -0.1) is 0 Å². The van der Waals surface area contributed by atoms with E-state index < -0.39 is 5.97 Å². The standard InChI is InChI=1S/C26H34N2O3/c1-2-24(28-15-9-18(10-16-28)25(29)30)23-5-3-19-17-21(4-6-22(19)27-23)31-20-7-11-26(12-8-20)13-14-26/h3-6,17-18,20,24H,2,7-16H2,1H3,(H,29,30). The van der Waals surface area contributed by atoms with Crippen LogP contribution in [0.5, 0.6) is 5.75 Å². The second kappa shape index (κ2) is 8.42. The van der Waals surface area contributed by atoms with Crippen LogP contribution in [-0.4, -0.2) is 40.2 Å². The van der Waals surface area contributed by atoms with Gasteiger partial charge in [-0.1, -0.05) is 13.0 Å². The molecule has 0 radical (unpaired) electrons. The highest BCUT2D eigenvalue weighted by Crippen LogP contribution is 2.56. The van der Waals surface area contributed by atoms with Crippen molar-refractivity contribution < 1.29 is 14.6 Å². The van der Waals surface area contributed by atoms with Gasteiger partial charge in [0.25, 0.3) is 0 Å². The van der Waals surface area contributed by atoms with Gasteiger partial charge in [-0.3, -0.25) is 14.7 Å². The summed E-state index contributed by atoms with van der Waals surface area (Å²) in [6.45, 7) is 3.84. The summed E-state index contributed by atoms with van der Waals surface area (Å²) in [4.78, 5) is 18.6. The molecule has 1 atom stereocenters. The van der Waals surface area contributed by atoms with Crippen molar-refractivity contribution in [3.8, 4) is 5.75 Å². The third kappa shape index (κ3) is 4.43. The third-order valence-electron chi connectivity index (χ3n) is 7.98. The van der Waals surface area contributed by atoms with E-state index in [1.165, 1.54) is 38.5 Å². The number of fused-ring (bicyclic) bond motifs is 1. The number of aromatic nitrogens is 1. The Bertz CT molecular complexity index is 937. The van der Waals surface area contributed by atoms with Gasteiger partial charge in [-0.25, -0.2) is 0 Å². The van der Waals surface area contributed by atoms with Crippen molar-refractivity contribution in [1.29, 1.82) is 0 Å². The molecule has 2 saturated carbocycles. The van der Waals surface area contributed by atoms with Crippen molar-refractivity contribution in [2.24, 2.45) is 11.3 Å². The largest absolute Gasteiger partial charge is 0.490 e. The fourth-order valence-corrected chi connectivity index (χ4v) is 5.68. The van der Waals surface area contributed by atoms with Crippen LogP contribution < -0.4 is 4.74 Å². The zero-order chi connectivity index (χ0) is 21.4. The molecule has 1 saturated heterocycles. The van der Waals surface area contributed by atoms with Crippen LogP contribution in [0.2, 0.25) is 0 Å². The molecule has 5 nitrogen and oxygen atoms in total. The van der Waals surface area contributed by atoms with Gasteiger partial charge in [0.05, 0.1) is 29.3 Å². The van der Waals surface area contributed by atoms with Crippen molar-refractivity contribution in [2.75, 3.05) is 13.1 Å². The molecule has 1 aliphatic heterocycles. The molecule has 1 spiro atoms. The van der Waals surface area contributed by atoms with Gasteiger partial charge in [0.15, 0.2) is 0 Å². The van der Waals surface area contributed by atoms with Crippen LogP contribution in [0.3, 0.4) is 0 Å². The molecule has 3 aliphatic rings. The number of piperidine rings is 1. The lowest BCUT2D eigenvalue weighted by atomic mass is 9.85. The number of aliphatic carboxylic acids is 1. The minimum atomic E-state index is -0.658. The number of carboxylic acid groups (broad SMARTS) is 1. The van der Waals surface area contributed by atoms with Crippen LogP contribution in [0.4, 0.5) is 0 Å². The molecular weight excluding hydrogens is 388 g/mol. The SMILES string of the molecule is CCC(c1ccc2cc(OC3CCC4(CC3)CC4)ccc2n1)N1CCC(C(=O)O)CC1. The van der Waals surface area contributed by atoms with Gasteiger partial charge in [-0.2, -0.15) is 0 Å². The summed E-state index contributed by atoms with van der Waals surface area (Å²) in [6.07, 6.45) is 10.7. The van der Waals surface area contributed by atoms with Gasteiger partial charge in [0.1, 0.15) is 5.75 Å². The number of rotatable bonds is 6. The number of benzene rings is 1. The van der Waals surface area contributed by atoms with Crippen LogP contribution in [0.1, 0.15) is 76.4 Å². The molecule has 2 heterocycles. The Morgan fingerprint density at radius 1 is 1.13 bits per heavy atom. The average molecular weight is 423 g/mol. The molecule has 166 valence electrons. The van der Waals surface area contributed by atoms with Gasteiger partial charge >= 0.3 is 5.97 Å². The number of carboxylic acids is 1. The van der Waals surface area contributed by atoms with Gasteiger partial charge < -0.3 is 9.84 Å². The molecule has 31 heavy (non-hydrogen) atoms. The third-order valence-corrected chi connectivity index (χ3v) is 7.98. The lowest BCUT2D eigenvalue weighted by Gasteiger charge is -2.35. The minimum Gasteiger partial charge on any atom is -0.490 e. The second-order valence-electron chi connectivity index (χ2n) is 9.98. The molecule has 0 amide bonds. The number of pyridine rings is 1. The summed E-state index contributed by atoms with van der Waals surface area (Å²) in [5.41, 5.74) is 2.78. The van der Waals surface area contributed by atoms with Crippen molar-refractivity contribution in [2.45, 2.75) is 76.9 Å². The summed E-state index contributed by atoms with van der Waals surface area (Å²) in [7, 11) is 0.